The lowest BCUT2D eigenvalue weighted by atomic mass is 9.93. The summed E-state index contributed by atoms with van der Waals surface area (Å²) < 4.78 is 0. The fraction of sp³-hybridized carbons (Fsp3) is 0.179. The molecule has 33 heavy (non-hydrogen) atoms. The predicted molar refractivity (Wildman–Crippen MR) is 131 cm³/mol. The molecule has 1 unspecified atom stereocenters. The predicted octanol–water partition coefficient (Wildman–Crippen LogP) is 5.94. The maximum atomic E-state index is 12.4. The van der Waals surface area contributed by atoms with Crippen LogP contribution in [0.5, 0.6) is 0 Å². The second-order valence-corrected chi connectivity index (χ2v) is 8.38. The first-order chi connectivity index (χ1) is 16.2. The molecule has 1 fully saturated rings. The van der Waals surface area contributed by atoms with Crippen LogP contribution in [0.25, 0.3) is 11.1 Å². The zero-order valence-corrected chi connectivity index (χ0v) is 18.6. The van der Waals surface area contributed by atoms with E-state index in [1.54, 1.807) is 12.4 Å². The lowest BCUT2D eigenvalue weighted by Gasteiger charge is -2.32. The van der Waals surface area contributed by atoms with Gasteiger partial charge in [-0.05, 0) is 72.9 Å². The van der Waals surface area contributed by atoms with Gasteiger partial charge in [0.15, 0.2) is 0 Å². The molecule has 5 heteroatoms. The van der Waals surface area contributed by atoms with Gasteiger partial charge in [0.2, 0.25) is 0 Å². The summed E-state index contributed by atoms with van der Waals surface area (Å²) in [6.07, 6.45) is 9.48. The number of benzene rings is 2. The third-order valence-electron chi connectivity index (χ3n) is 6.02. The molecule has 164 valence electrons. The summed E-state index contributed by atoms with van der Waals surface area (Å²) in [7, 11) is 0. The molecule has 2 heterocycles. The number of hydrogen-bond acceptors (Lipinski definition) is 4. The van der Waals surface area contributed by atoms with Crippen molar-refractivity contribution >= 4 is 17.3 Å². The average Bonchev–Trinajstić information content (AvgIpc) is 3.69. The van der Waals surface area contributed by atoms with E-state index in [4.69, 9.17) is 0 Å². The Morgan fingerprint density at radius 3 is 2.09 bits per heavy atom. The highest BCUT2D eigenvalue weighted by molar-refractivity contribution is 5.95. The molecule has 0 saturated heterocycles. The third-order valence-corrected chi connectivity index (χ3v) is 6.02. The number of aromatic nitrogens is 2. The Bertz CT molecular complexity index is 1180. The van der Waals surface area contributed by atoms with Crippen molar-refractivity contribution in [2.45, 2.75) is 31.8 Å². The van der Waals surface area contributed by atoms with Gasteiger partial charge in [0, 0.05) is 24.0 Å². The molecular formula is C28H26N4O. The van der Waals surface area contributed by atoms with Crippen LogP contribution in [0.1, 0.15) is 41.7 Å². The minimum atomic E-state index is 0.00466. The molecule has 5 rings (SSSR count). The normalized spacial score (nSPS) is 13.8. The first-order valence-corrected chi connectivity index (χ1v) is 11.3. The fourth-order valence-electron chi connectivity index (χ4n) is 4.15. The summed E-state index contributed by atoms with van der Waals surface area (Å²) in [6.45, 7) is 2.19. The molecule has 2 aromatic carbocycles. The largest absolute Gasteiger partial charge is 0.349 e. The van der Waals surface area contributed by atoms with Gasteiger partial charge in [-0.3, -0.25) is 14.8 Å². The lowest BCUT2D eigenvalue weighted by molar-refractivity contribution is 0.0951. The van der Waals surface area contributed by atoms with Gasteiger partial charge in [-0.15, -0.1) is 0 Å². The molecule has 4 aromatic rings. The summed E-state index contributed by atoms with van der Waals surface area (Å²) in [4.78, 5) is 23.3. The molecule has 0 aliphatic heterocycles. The van der Waals surface area contributed by atoms with Crippen molar-refractivity contribution in [2.75, 3.05) is 4.90 Å². The van der Waals surface area contributed by atoms with Gasteiger partial charge in [0.1, 0.15) is 0 Å². The highest BCUT2D eigenvalue weighted by Gasteiger charge is 2.24. The van der Waals surface area contributed by atoms with E-state index < -0.39 is 0 Å². The molecule has 5 nitrogen and oxygen atoms in total. The fourth-order valence-corrected chi connectivity index (χ4v) is 4.15. The maximum Gasteiger partial charge on any atom is 0.251 e. The number of carbonyl (C=O) groups is 1. The molecule has 0 spiro atoms. The van der Waals surface area contributed by atoms with Crippen molar-refractivity contribution in [3.63, 3.8) is 0 Å². The second kappa shape index (κ2) is 9.25. The number of carbonyl (C=O) groups excluding carboxylic acids is 1. The van der Waals surface area contributed by atoms with Crippen LogP contribution < -0.4 is 10.2 Å². The van der Waals surface area contributed by atoms with Crippen molar-refractivity contribution in [2.24, 2.45) is 0 Å². The standard InChI is InChI=1S/C28H26N4O/c1-20(32(24-6-4-16-29-18-24)25-7-5-17-30-19-25)26-8-2-3-9-27(26)21-10-12-22(13-11-21)28(33)31-23-14-15-23/h2-13,16-20,23H,14-15H2,1H3,(H,31,33). The Morgan fingerprint density at radius 2 is 1.52 bits per heavy atom. The van der Waals surface area contributed by atoms with Gasteiger partial charge in [0.25, 0.3) is 5.91 Å². The summed E-state index contributed by atoms with van der Waals surface area (Å²) >= 11 is 0. The van der Waals surface area contributed by atoms with E-state index in [1.165, 1.54) is 5.56 Å². The van der Waals surface area contributed by atoms with Crippen LogP contribution in [0, 0.1) is 0 Å². The Balaban J connectivity index is 1.50. The molecule has 0 bridgehead atoms. The van der Waals surface area contributed by atoms with Crippen molar-refractivity contribution < 1.29 is 4.79 Å². The Morgan fingerprint density at radius 1 is 0.879 bits per heavy atom. The molecule has 2 aromatic heterocycles. The Kier molecular flexibility index (Phi) is 5.85. The van der Waals surface area contributed by atoms with Crippen LogP contribution in [-0.4, -0.2) is 21.9 Å². The van der Waals surface area contributed by atoms with E-state index >= 15 is 0 Å². The molecular weight excluding hydrogens is 408 g/mol. The number of anilines is 2. The van der Waals surface area contributed by atoms with Crippen LogP contribution >= 0.6 is 0 Å². The van der Waals surface area contributed by atoms with Gasteiger partial charge in [0.05, 0.1) is 29.8 Å². The van der Waals surface area contributed by atoms with Crippen LogP contribution in [0.2, 0.25) is 0 Å². The average molecular weight is 435 g/mol. The van der Waals surface area contributed by atoms with Crippen molar-refractivity contribution in [3.05, 3.63) is 109 Å². The second-order valence-electron chi connectivity index (χ2n) is 8.38. The van der Waals surface area contributed by atoms with Crippen molar-refractivity contribution in [1.82, 2.24) is 15.3 Å². The third kappa shape index (κ3) is 4.62. The summed E-state index contributed by atoms with van der Waals surface area (Å²) in [5.41, 5.74) is 6.10. The molecule has 1 saturated carbocycles. The monoisotopic (exact) mass is 434 g/mol. The van der Waals surface area contributed by atoms with Gasteiger partial charge in [-0.25, -0.2) is 0 Å². The zero-order valence-electron chi connectivity index (χ0n) is 18.6. The first-order valence-electron chi connectivity index (χ1n) is 11.3. The summed E-state index contributed by atoms with van der Waals surface area (Å²) in [5, 5.41) is 3.05. The molecule has 1 amide bonds. The Labute approximate surface area is 194 Å². The molecule has 1 aliphatic carbocycles. The van der Waals surface area contributed by atoms with E-state index in [9.17, 15) is 4.79 Å². The number of nitrogens with zero attached hydrogens (tertiary/aromatic N) is 3. The van der Waals surface area contributed by atoms with E-state index in [2.05, 4.69) is 63.5 Å². The summed E-state index contributed by atoms with van der Waals surface area (Å²) in [6, 6.07) is 24.7. The van der Waals surface area contributed by atoms with Crippen molar-refractivity contribution in [1.29, 1.82) is 0 Å². The van der Waals surface area contributed by atoms with E-state index in [0.29, 0.717) is 11.6 Å². The van der Waals surface area contributed by atoms with E-state index in [1.807, 2.05) is 48.8 Å². The quantitative estimate of drug-likeness (QED) is 0.391. The maximum absolute atomic E-state index is 12.4. The van der Waals surface area contributed by atoms with Crippen LogP contribution in [0.15, 0.2) is 97.6 Å². The first kappa shape index (κ1) is 20.9. The van der Waals surface area contributed by atoms with Gasteiger partial charge in [-0.1, -0.05) is 36.4 Å². The minimum Gasteiger partial charge on any atom is -0.349 e. The number of rotatable bonds is 7. The molecule has 0 radical (unpaired) electrons. The number of nitrogens with one attached hydrogen (secondary N) is 1. The van der Waals surface area contributed by atoms with Crippen LogP contribution in [-0.2, 0) is 0 Å². The molecule has 1 aliphatic rings. The topological polar surface area (TPSA) is 58.1 Å². The number of amides is 1. The van der Waals surface area contributed by atoms with Crippen LogP contribution in [0.4, 0.5) is 11.4 Å². The highest BCUT2D eigenvalue weighted by Crippen LogP contribution is 2.38. The van der Waals surface area contributed by atoms with Crippen molar-refractivity contribution in [3.8, 4) is 11.1 Å². The Hall–Kier alpha value is -3.99. The summed E-state index contributed by atoms with van der Waals surface area (Å²) in [5.74, 6) is 0.00466. The number of pyridine rings is 2. The molecule has 1 N–H and O–H groups in total. The number of hydrogen-bond donors (Lipinski definition) is 1. The lowest BCUT2D eigenvalue weighted by Crippen LogP contribution is -2.25. The van der Waals surface area contributed by atoms with E-state index in [0.717, 1.165) is 35.3 Å². The highest BCUT2D eigenvalue weighted by atomic mass is 16.1. The van der Waals surface area contributed by atoms with Crippen LogP contribution in [0.3, 0.4) is 0 Å². The van der Waals surface area contributed by atoms with Gasteiger partial charge in [-0.2, -0.15) is 0 Å². The smallest absolute Gasteiger partial charge is 0.251 e. The minimum absolute atomic E-state index is 0.00466. The van der Waals surface area contributed by atoms with E-state index in [-0.39, 0.29) is 11.9 Å². The van der Waals surface area contributed by atoms with Gasteiger partial charge >= 0.3 is 0 Å². The SMILES string of the molecule is CC(c1ccccc1-c1ccc(C(=O)NC2CC2)cc1)N(c1cccnc1)c1cccnc1. The zero-order chi connectivity index (χ0) is 22.6. The molecule has 1 atom stereocenters. The van der Waals surface area contributed by atoms with Gasteiger partial charge < -0.3 is 10.2 Å².